The number of ether oxygens (including phenoxy) is 1. The first kappa shape index (κ1) is 14.6. The van der Waals surface area contributed by atoms with Gasteiger partial charge >= 0.3 is 0 Å². The van der Waals surface area contributed by atoms with E-state index in [2.05, 4.69) is 18.8 Å². The summed E-state index contributed by atoms with van der Waals surface area (Å²) < 4.78 is 5.01. The van der Waals surface area contributed by atoms with E-state index in [-0.39, 0.29) is 5.75 Å². The van der Waals surface area contributed by atoms with Gasteiger partial charge in [0, 0.05) is 12.3 Å². The van der Waals surface area contributed by atoms with Crippen molar-refractivity contribution in [3.05, 3.63) is 23.8 Å². The highest BCUT2D eigenvalue weighted by molar-refractivity contribution is 5.81. The van der Waals surface area contributed by atoms with E-state index in [1.54, 1.807) is 19.2 Å². The standard InChI is InChI=1S/C15H23NO2/c1-4-6-7-13(5-2)16-11-12-8-9-15(18-3)14(17)10-12/h8-11,13,17H,4-7H2,1-3H3/b16-11+. The maximum absolute atomic E-state index is 9.67. The molecule has 0 fully saturated rings. The fourth-order valence-electron chi connectivity index (χ4n) is 1.80. The van der Waals surface area contributed by atoms with Crippen LogP contribution >= 0.6 is 0 Å². The number of aromatic hydroxyl groups is 1. The smallest absolute Gasteiger partial charge is 0.160 e. The van der Waals surface area contributed by atoms with Crippen molar-refractivity contribution >= 4 is 6.21 Å². The summed E-state index contributed by atoms with van der Waals surface area (Å²) in [4.78, 5) is 4.57. The Morgan fingerprint density at radius 3 is 2.72 bits per heavy atom. The van der Waals surface area contributed by atoms with Gasteiger partial charge in [0.1, 0.15) is 0 Å². The lowest BCUT2D eigenvalue weighted by Crippen LogP contribution is -2.02. The van der Waals surface area contributed by atoms with E-state index in [0.29, 0.717) is 11.8 Å². The van der Waals surface area contributed by atoms with Crippen molar-refractivity contribution in [2.24, 2.45) is 4.99 Å². The molecule has 0 saturated heterocycles. The van der Waals surface area contributed by atoms with E-state index < -0.39 is 0 Å². The molecule has 0 heterocycles. The minimum atomic E-state index is 0.156. The molecule has 0 aliphatic rings. The van der Waals surface area contributed by atoms with E-state index in [9.17, 15) is 5.11 Å². The Kier molecular flexibility index (Phi) is 6.26. The highest BCUT2D eigenvalue weighted by atomic mass is 16.5. The number of rotatable bonds is 7. The van der Waals surface area contributed by atoms with Crippen LogP contribution in [0.4, 0.5) is 0 Å². The van der Waals surface area contributed by atoms with Crippen LogP contribution in [0, 0.1) is 0 Å². The van der Waals surface area contributed by atoms with Gasteiger partial charge in [0.25, 0.3) is 0 Å². The number of methoxy groups -OCH3 is 1. The van der Waals surface area contributed by atoms with Crippen molar-refractivity contribution in [1.29, 1.82) is 0 Å². The maximum Gasteiger partial charge on any atom is 0.160 e. The third-order valence-corrected chi connectivity index (χ3v) is 3.00. The van der Waals surface area contributed by atoms with Crippen LogP contribution in [0.25, 0.3) is 0 Å². The van der Waals surface area contributed by atoms with Gasteiger partial charge in [-0.2, -0.15) is 0 Å². The van der Waals surface area contributed by atoms with E-state index in [1.807, 2.05) is 12.3 Å². The van der Waals surface area contributed by atoms with Gasteiger partial charge in [-0.3, -0.25) is 4.99 Å². The third kappa shape index (κ3) is 4.40. The average Bonchev–Trinajstić information content (AvgIpc) is 2.39. The Labute approximate surface area is 110 Å². The summed E-state index contributed by atoms with van der Waals surface area (Å²) in [5.41, 5.74) is 0.906. The molecule has 1 atom stereocenters. The molecule has 100 valence electrons. The molecular weight excluding hydrogens is 226 g/mol. The van der Waals surface area contributed by atoms with Crippen molar-refractivity contribution in [3.8, 4) is 11.5 Å². The summed E-state index contributed by atoms with van der Waals surface area (Å²) in [7, 11) is 1.54. The van der Waals surface area contributed by atoms with Gasteiger partial charge in [0.2, 0.25) is 0 Å². The molecule has 0 amide bonds. The summed E-state index contributed by atoms with van der Waals surface area (Å²) in [6, 6.07) is 5.71. The Hall–Kier alpha value is -1.51. The molecule has 1 rings (SSSR count). The number of nitrogens with zero attached hydrogens (tertiary/aromatic N) is 1. The van der Waals surface area contributed by atoms with Crippen LogP contribution in [0.3, 0.4) is 0 Å². The molecule has 3 heteroatoms. The van der Waals surface area contributed by atoms with Crippen LogP contribution in [0.2, 0.25) is 0 Å². The number of benzene rings is 1. The average molecular weight is 249 g/mol. The molecule has 0 spiro atoms. The van der Waals surface area contributed by atoms with Crippen molar-refractivity contribution in [2.75, 3.05) is 7.11 Å². The monoisotopic (exact) mass is 249 g/mol. The molecule has 3 nitrogen and oxygen atoms in total. The lowest BCUT2D eigenvalue weighted by atomic mass is 10.1. The van der Waals surface area contributed by atoms with Crippen LogP contribution in [-0.2, 0) is 0 Å². The van der Waals surface area contributed by atoms with Gasteiger partial charge in [-0.25, -0.2) is 0 Å². The first-order valence-corrected chi connectivity index (χ1v) is 6.61. The minimum Gasteiger partial charge on any atom is -0.504 e. The van der Waals surface area contributed by atoms with Crippen LogP contribution in [0.15, 0.2) is 23.2 Å². The van der Waals surface area contributed by atoms with Crippen LogP contribution in [-0.4, -0.2) is 24.5 Å². The second-order valence-corrected chi connectivity index (χ2v) is 4.41. The van der Waals surface area contributed by atoms with Gasteiger partial charge in [0.15, 0.2) is 11.5 Å². The number of hydrogen-bond acceptors (Lipinski definition) is 3. The van der Waals surface area contributed by atoms with E-state index in [0.717, 1.165) is 18.4 Å². The number of phenols is 1. The molecule has 0 bridgehead atoms. The Morgan fingerprint density at radius 2 is 2.17 bits per heavy atom. The zero-order valence-corrected chi connectivity index (χ0v) is 11.5. The number of unbranched alkanes of at least 4 members (excludes halogenated alkanes) is 1. The van der Waals surface area contributed by atoms with Crippen LogP contribution in [0.5, 0.6) is 11.5 Å². The molecule has 0 saturated carbocycles. The minimum absolute atomic E-state index is 0.156. The number of phenolic OH excluding ortho intramolecular Hbond substituents is 1. The fourth-order valence-corrected chi connectivity index (χ4v) is 1.80. The second-order valence-electron chi connectivity index (χ2n) is 4.41. The largest absolute Gasteiger partial charge is 0.504 e. The third-order valence-electron chi connectivity index (χ3n) is 3.00. The van der Waals surface area contributed by atoms with E-state index in [4.69, 9.17) is 4.74 Å². The molecule has 0 aromatic heterocycles. The van der Waals surface area contributed by atoms with Gasteiger partial charge in [-0.15, -0.1) is 0 Å². The van der Waals surface area contributed by atoms with Crippen molar-refractivity contribution in [2.45, 2.75) is 45.6 Å². The lowest BCUT2D eigenvalue weighted by Gasteiger charge is -2.08. The molecule has 1 N–H and O–H groups in total. The molecule has 0 radical (unpaired) electrons. The maximum atomic E-state index is 9.67. The predicted octanol–water partition coefficient (Wildman–Crippen LogP) is 3.79. The van der Waals surface area contributed by atoms with Gasteiger partial charge in [-0.05, 0) is 36.6 Å². The van der Waals surface area contributed by atoms with Crippen LogP contribution < -0.4 is 4.74 Å². The highest BCUT2D eigenvalue weighted by Crippen LogP contribution is 2.25. The summed E-state index contributed by atoms with van der Waals surface area (Å²) in [5.74, 6) is 0.647. The summed E-state index contributed by atoms with van der Waals surface area (Å²) in [6.45, 7) is 4.35. The van der Waals surface area contributed by atoms with Gasteiger partial charge in [0.05, 0.1) is 7.11 Å². The molecule has 0 aliphatic heterocycles. The Balaban J connectivity index is 2.67. The molecule has 1 aromatic carbocycles. The molecule has 1 aromatic rings. The van der Waals surface area contributed by atoms with Gasteiger partial charge < -0.3 is 9.84 Å². The van der Waals surface area contributed by atoms with Crippen LogP contribution in [0.1, 0.15) is 45.1 Å². The van der Waals surface area contributed by atoms with Crippen molar-refractivity contribution in [1.82, 2.24) is 0 Å². The van der Waals surface area contributed by atoms with Gasteiger partial charge in [-0.1, -0.05) is 26.7 Å². The Morgan fingerprint density at radius 1 is 1.39 bits per heavy atom. The lowest BCUT2D eigenvalue weighted by molar-refractivity contribution is 0.373. The normalized spacial score (nSPS) is 12.8. The number of aliphatic imine (C=N–C) groups is 1. The fraction of sp³-hybridized carbons (Fsp3) is 0.533. The summed E-state index contributed by atoms with van der Waals surface area (Å²) in [6.07, 6.45) is 6.44. The SMILES string of the molecule is CCCCC(CC)/N=C/c1ccc(OC)c(O)c1. The first-order valence-electron chi connectivity index (χ1n) is 6.61. The molecule has 0 aliphatic carbocycles. The highest BCUT2D eigenvalue weighted by Gasteiger charge is 2.03. The molecule has 18 heavy (non-hydrogen) atoms. The predicted molar refractivity (Wildman–Crippen MR) is 75.9 cm³/mol. The Bertz CT molecular complexity index is 388. The molecule has 1 unspecified atom stereocenters. The first-order chi connectivity index (χ1) is 8.71. The summed E-state index contributed by atoms with van der Waals surface area (Å²) in [5, 5.41) is 9.67. The number of hydrogen-bond donors (Lipinski definition) is 1. The summed E-state index contributed by atoms with van der Waals surface area (Å²) >= 11 is 0. The topological polar surface area (TPSA) is 41.8 Å². The zero-order chi connectivity index (χ0) is 13.4. The van der Waals surface area contributed by atoms with Crippen molar-refractivity contribution < 1.29 is 9.84 Å². The molecular formula is C15H23NO2. The van der Waals surface area contributed by atoms with E-state index >= 15 is 0 Å². The van der Waals surface area contributed by atoms with Crippen molar-refractivity contribution in [3.63, 3.8) is 0 Å². The second kappa shape index (κ2) is 7.75. The van der Waals surface area contributed by atoms with E-state index in [1.165, 1.54) is 12.8 Å². The quantitative estimate of drug-likeness (QED) is 0.747. The zero-order valence-electron chi connectivity index (χ0n) is 11.5.